The molecule has 0 atom stereocenters. The number of carbonyl (C=O) groups is 1. The standard InChI is InChI=1S/C22H30N2O3S/c1-6-18-9-10-19(7-2)20(13-18)14-23-22(25)15-24(28(5,26)27)21-11-8-16(3)17(4)12-21/h8-13H,6-7,14-15H2,1-5H3,(H,23,25). The molecule has 0 saturated carbocycles. The largest absolute Gasteiger partial charge is 0.350 e. The maximum Gasteiger partial charge on any atom is 0.241 e. The molecule has 0 spiro atoms. The molecule has 6 heteroatoms. The molecule has 2 aromatic carbocycles. The third-order valence-corrected chi connectivity index (χ3v) is 6.14. The summed E-state index contributed by atoms with van der Waals surface area (Å²) in [5, 5.41) is 2.88. The summed E-state index contributed by atoms with van der Waals surface area (Å²) in [4.78, 5) is 12.5. The maximum atomic E-state index is 12.5. The Morgan fingerprint density at radius 2 is 1.68 bits per heavy atom. The van der Waals surface area contributed by atoms with E-state index in [0.29, 0.717) is 12.2 Å². The molecule has 0 fully saturated rings. The van der Waals surface area contributed by atoms with Crippen molar-refractivity contribution >= 4 is 21.6 Å². The first kappa shape index (κ1) is 22.0. The molecular weight excluding hydrogens is 372 g/mol. The quantitative estimate of drug-likeness (QED) is 0.735. The van der Waals surface area contributed by atoms with Gasteiger partial charge in [-0.3, -0.25) is 9.10 Å². The number of aryl methyl sites for hydroxylation is 4. The number of sulfonamides is 1. The molecule has 1 amide bonds. The average molecular weight is 403 g/mol. The Bertz CT molecular complexity index is 952. The van der Waals surface area contributed by atoms with Crippen molar-refractivity contribution < 1.29 is 13.2 Å². The summed E-state index contributed by atoms with van der Waals surface area (Å²) in [5.74, 6) is -0.326. The van der Waals surface area contributed by atoms with E-state index in [9.17, 15) is 13.2 Å². The van der Waals surface area contributed by atoms with Crippen molar-refractivity contribution in [2.24, 2.45) is 0 Å². The molecule has 0 aromatic heterocycles. The highest BCUT2D eigenvalue weighted by Crippen LogP contribution is 2.21. The van der Waals surface area contributed by atoms with Crippen LogP contribution >= 0.6 is 0 Å². The van der Waals surface area contributed by atoms with E-state index >= 15 is 0 Å². The lowest BCUT2D eigenvalue weighted by Crippen LogP contribution is -2.40. The van der Waals surface area contributed by atoms with Crippen LogP contribution in [0.25, 0.3) is 0 Å². The van der Waals surface area contributed by atoms with Crippen molar-refractivity contribution in [2.45, 2.75) is 47.1 Å². The molecule has 28 heavy (non-hydrogen) atoms. The Morgan fingerprint density at radius 1 is 0.964 bits per heavy atom. The van der Waals surface area contributed by atoms with E-state index in [0.717, 1.165) is 40.1 Å². The van der Waals surface area contributed by atoms with Crippen LogP contribution in [0.15, 0.2) is 36.4 Å². The van der Waals surface area contributed by atoms with Crippen LogP contribution in [0.3, 0.4) is 0 Å². The Balaban J connectivity index is 2.16. The van der Waals surface area contributed by atoms with Gasteiger partial charge in [0, 0.05) is 6.54 Å². The summed E-state index contributed by atoms with van der Waals surface area (Å²) in [6.45, 7) is 8.21. The zero-order valence-corrected chi connectivity index (χ0v) is 18.2. The fraction of sp³-hybridized carbons (Fsp3) is 0.409. The molecule has 0 unspecified atom stereocenters. The van der Waals surface area contributed by atoms with Gasteiger partial charge in [0.05, 0.1) is 11.9 Å². The zero-order valence-electron chi connectivity index (χ0n) is 17.4. The van der Waals surface area contributed by atoms with Crippen LogP contribution in [0.2, 0.25) is 0 Å². The van der Waals surface area contributed by atoms with Gasteiger partial charge in [-0.1, -0.05) is 38.1 Å². The summed E-state index contributed by atoms with van der Waals surface area (Å²) in [5.41, 5.74) is 6.04. The number of amides is 1. The van der Waals surface area contributed by atoms with Crippen LogP contribution < -0.4 is 9.62 Å². The minimum Gasteiger partial charge on any atom is -0.350 e. The van der Waals surface area contributed by atoms with E-state index < -0.39 is 10.0 Å². The van der Waals surface area contributed by atoms with Gasteiger partial charge in [0.2, 0.25) is 15.9 Å². The summed E-state index contributed by atoms with van der Waals surface area (Å²) in [6, 6.07) is 11.7. The normalized spacial score (nSPS) is 11.3. The van der Waals surface area contributed by atoms with Crippen molar-refractivity contribution in [3.63, 3.8) is 0 Å². The van der Waals surface area contributed by atoms with Crippen molar-refractivity contribution in [1.82, 2.24) is 5.32 Å². The van der Waals surface area contributed by atoms with E-state index in [1.165, 1.54) is 11.1 Å². The van der Waals surface area contributed by atoms with E-state index in [2.05, 4.69) is 37.4 Å². The topological polar surface area (TPSA) is 66.5 Å². The monoisotopic (exact) mass is 402 g/mol. The van der Waals surface area contributed by atoms with E-state index in [-0.39, 0.29) is 12.5 Å². The lowest BCUT2D eigenvalue weighted by molar-refractivity contribution is -0.119. The van der Waals surface area contributed by atoms with E-state index in [4.69, 9.17) is 0 Å². The van der Waals surface area contributed by atoms with Gasteiger partial charge in [-0.15, -0.1) is 0 Å². The number of anilines is 1. The first-order valence-corrected chi connectivity index (χ1v) is 11.4. The summed E-state index contributed by atoms with van der Waals surface area (Å²) >= 11 is 0. The SMILES string of the molecule is CCc1ccc(CC)c(CNC(=O)CN(c2ccc(C)c(C)c2)S(C)(=O)=O)c1. The van der Waals surface area contributed by atoms with Crippen molar-refractivity contribution in [2.75, 3.05) is 17.1 Å². The van der Waals surface area contributed by atoms with Gasteiger partial charge in [0.1, 0.15) is 6.54 Å². The highest BCUT2D eigenvalue weighted by atomic mass is 32.2. The lowest BCUT2D eigenvalue weighted by Gasteiger charge is -2.23. The van der Waals surface area contributed by atoms with Crippen LogP contribution in [-0.4, -0.2) is 27.1 Å². The molecule has 0 radical (unpaired) electrons. The average Bonchev–Trinajstić information content (AvgIpc) is 2.65. The second-order valence-electron chi connectivity index (χ2n) is 7.13. The van der Waals surface area contributed by atoms with Crippen LogP contribution in [0.5, 0.6) is 0 Å². The fourth-order valence-corrected chi connectivity index (χ4v) is 3.92. The first-order valence-electron chi connectivity index (χ1n) is 9.58. The minimum absolute atomic E-state index is 0.240. The highest BCUT2D eigenvalue weighted by Gasteiger charge is 2.21. The molecule has 5 nitrogen and oxygen atoms in total. The van der Waals surface area contributed by atoms with Gasteiger partial charge in [-0.25, -0.2) is 8.42 Å². The summed E-state index contributed by atoms with van der Waals surface area (Å²) in [6.07, 6.45) is 2.93. The molecule has 0 aliphatic carbocycles. The predicted molar refractivity (Wildman–Crippen MR) is 115 cm³/mol. The predicted octanol–water partition coefficient (Wildman–Crippen LogP) is 3.51. The zero-order chi connectivity index (χ0) is 20.9. The van der Waals surface area contributed by atoms with Crippen LogP contribution in [0.1, 0.15) is 41.7 Å². The summed E-state index contributed by atoms with van der Waals surface area (Å²) in [7, 11) is -3.58. The molecule has 0 aliphatic rings. The first-order chi connectivity index (χ1) is 13.2. The van der Waals surface area contributed by atoms with E-state index in [1.54, 1.807) is 12.1 Å². The van der Waals surface area contributed by atoms with Crippen molar-refractivity contribution in [3.05, 3.63) is 64.2 Å². The number of benzene rings is 2. The van der Waals surface area contributed by atoms with Crippen LogP contribution in [0, 0.1) is 13.8 Å². The number of carbonyl (C=O) groups excluding carboxylic acids is 1. The third-order valence-electron chi connectivity index (χ3n) is 5.00. The van der Waals surface area contributed by atoms with Crippen LogP contribution in [0.4, 0.5) is 5.69 Å². The van der Waals surface area contributed by atoms with E-state index in [1.807, 2.05) is 19.9 Å². The molecule has 0 heterocycles. The second kappa shape index (κ2) is 9.24. The molecule has 152 valence electrons. The molecule has 2 aromatic rings. The van der Waals surface area contributed by atoms with Gasteiger partial charge < -0.3 is 5.32 Å². The highest BCUT2D eigenvalue weighted by molar-refractivity contribution is 7.92. The van der Waals surface area contributed by atoms with Crippen molar-refractivity contribution in [3.8, 4) is 0 Å². The van der Waals surface area contributed by atoms with Crippen molar-refractivity contribution in [1.29, 1.82) is 0 Å². The number of hydrogen-bond donors (Lipinski definition) is 1. The molecule has 1 N–H and O–H groups in total. The fourth-order valence-electron chi connectivity index (χ4n) is 3.07. The number of hydrogen-bond acceptors (Lipinski definition) is 3. The Morgan fingerprint density at radius 3 is 2.25 bits per heavy atom. The molecule has 0 bridgehead atoms. The molecular formula is C22H30N2O3S. The maximum absolute atomic E-state index is 12.5. The lowest BCUT2D eigenvalue weighted by atomic mass is 10.0. The van der Waals surface area contributed by atoms with Gasteiger partial charge >= 0.3 is 0 Å². The number of rotatable bonds is 8. The minimum atomic E-state index is -3.58. The Kier molecular flexibility index (Phi) is 7.24. The molecule has 2 rings (SSSR count). The smallest absolute Gasteiger partial charge is 0.241 e. The Hall–Kier alpha value is -2.34. The second-order valence-corrected chi connectivity index (χ2v) is 9.03. The van der Waals surface area contributed by atoms with Gasteiger partial charge in [0.15, 0.2) is 0 Å². The third kappa shape index (κ3) is 5.58. The Labute approximate surface area is 168 Å². The summed E-state index contributed by atoms with van der Waals surface area (Å²) < 4.78 is 25.7. The molecule has 0 saturated heterocycles. The van der Waals surface area contributed by atoms with Gasteiger partial charge in [0.25, 0.3) is 0 Å². The number of nitrogens with one attached hydrogen (secondary N) is 1. The van der Waals surface area contributed by atoms with Crippen LogP contribution in [-0.2, 0) is 34.2 Å². The van der Waals surface area contributed by atoms with Gasteiger partial charge in [-0.05, 0) is 66.6 Å². The van der Waals surface area contributed by atoms with Gasteiger partial charge in [-0.2, -0.15) is 0 Å². The number of nitrogens with zero attached hydrogens (tertiary/aromatic N) is 1. The molecule has 0 aliphatic heterocycles.